The first-order valence-corrected chi connectivity index (χ1v) is 6.37. The van der Waals surface area contributed by atoms with E-state index < -0.39 is 0 Å². The molecule has 0 saturated carbocycles. The van der Waals surface area contributed by atoms with Crippen molar-refractivity contribution in [2.45, 2.75) is 6.92 Å². The molecule has 94 valence electrons. The van der Waals surface area contributed by atoms with Gasteiger partial charge in [0.25, 0.3) is 0 Å². The number of aldehydes is 1. The van der Waals surface area contributed by atoms with Crippen molar-refractivity contribution < 1.29 is 9.53 Å². The van der Waals surface area contributed by atoms with Crippen LogP contribution in [-0.2, 0) is 0 Å². The van der Waals surface area contributed by atoms with Crippen LogP contribution in [0.3, 0.4) is 0 Å². The van der Waals surface area contributed by atoms with Crippen molar-refractivity contribution in [3.63, 3.8) is 0 Å². The molecule has 0 saturated heterocycles. The Morgan fingerprint density at radius 3 is 2.58 bits per heavy atom. The van der Waals surface area contributed by atoms with Crippen LogP contribution < -0.4 is 4.74 Å². The van der Waals surface area contributed by atoms with Crippen LogP contribution in [0.5, 0.6) is 5.75 Å². The number of ether oxygens (including phenoxy) is 1. The number of carbonyl (C=O) groups is 1. The van der Waals surface area contributed by atoms with E-state index in [0.29, 0.717) is 6.61 Å². The highest BCUT2D eigenvalue weighted by atomic mass is 16.5. The molecule has 0 atom stereocenters. The summed E-state index contributed by atoms with van der Waals surface area (Å²) in [5.41, 5.74) is 0.731. The lowest BCUT2D eigenvalue weighted by Gasteiger charge is -2.11. The zero-order chi connectivity index (χ0) is 13.2. The average molecular weight is 250 g/mol. The van der Waals surface area contributed by atoms with Crippen molar-refractivity contribution in [2.75, 3.05) is 6.61 Å². The Kier molecular flexibility index (Phi) is 2.92. The first kappa shape index (κ1) is 11.7. The predicted molar refractivity (Wildman–Crippen MR) is 78.0 cm³/mol. The van der Waals surface area contributed by atoms with E-state index in [1.165, 1.54) is 0 Å². The van der Waals surface area contributed by atoms with Gasteiger partial charge in [-0.15, -0.1) is 0 Å². The Labute approximate surface area is 111 Å². The van der Waals surface area contributed by atoms with Gasteiger partial charge in [-0.05, 0) is 35.2 Å². The minimum atomic E-state index is 0.613. The van der Waals surface area contributed by atoms with E-state index in [1.807, 2.05) is 49.4 Å². The maximum Gasteiger partial charge on any atom is 0.151 e. The largest absolute Gasteiger partial charge is 0.493 e. The van der Waals surface area contributed by atoms with Crippen LogP contribution in [0.25, 0.3) is 21.5 Å². The monoisotopic (exact) mass is 250 g/mol. The lowest BCUT2D eigenvalue weighted by atomic mass is 9.97. The van der Waals surface area contributed by atoms with E-state index in [1.54, 1.807) is 0 Å². The maximum atomic E-state index is 11.5. The van der Waals surface area contributed by atoms with Crippen LogP contribution in [0.1, 0.15) is 17.3 Å². The summed E-state index contributed by atoms with van der Waals surface area (Å²) in [5.74, 6) is 0.828. The molecule has 0 bridgehead atoms. The van der Waals surface area contributed by atoms with Gasteiger partial charge in [0.05, 0.1) is 6.61 Å². The molecule has 19 heavy (non-hydrogen) atoms. The van der Waals surface area contributed by atoms with Gasteiger partial charge in [0, 0.05) is 10.9 Å². The second kappa shape index (κ2) is 4.73. The minimum absolute atomic E-state index is 0.613. The summed E-state index contributed by atoms with van der Waals surface area (Å²) in [5, 5.41) is 3.98. The van der Waals surface area contributed by atoms with Crippen molar-refractivity contribution >= 4 is 27.8 Å². The third-order valence-corrected chi connectivity index (χ3v) is 3.32. The molecule has 0 unspecified atom stereocenters. The fraction of sp³-hybridized carbons (Fsp3) is 0.118. The van der Waals surface area contributed by atoms with E-state index in [2.05, 4.69) is 6.07 Å². The van der Waals surface area contributed by atoms with Crippen molar-refractivity contribution in [2.24, 2.45) is 0 Å². The molecule has 2 nitrogen and oxygen atoms in total. The molecule has 3 rings (SSSR count). The molecule has 3 aromatic carbocycles. The van der Waals surface area contributed by atoms with Crippen molar-refractivity contribution in [1.82, 2.24) is 0 Å². The van der Waals surface area contributed by atoms with Crippen molar-refractivity contribution in [3.8, 4) is 5.75 Å². The van der Waals surface area contributed by atoms with Crippen LogP contribution >= 0.6 is 0 Å². The normalized spacial score (nSPS) is 10.8. The number of rotatable bonds is 3. The van der Waals surface area contributed by atoms with E-state index in [-0.39, 0.29) is 0 Å². The molecule has 0 aromatic heterocycles. The number of hydrogen-bond acceptors (Lipinski definition) is 2. The summed E-state index contributed by atoms with van der Waals surface area (Å²) < 4.78 is 5.65. The van der Waals surface area contributed by atoms with Crippen molar-refractivity contribution in [1.29, 1.82) is 0 Å². The van der Waals surface area contributed by atoms with Gasteiger partial charge in [0.2, 0.25) is 0 Å². The fourth-order valence-electron chi connectivity index (χ4n) is 2.50. The van der Waals surface area contributed by atoms with E-state index in [9.17, 15) is 4.79 Å². The van der Waals surface area contributed by atoms with E-state index >= 15 is 0 Å². The van der Waals surface area contributed by atoms with Gasteiger partial charge in [-0.2, -0.15) is 0 Å². The summed E-state index contributed by atoms with van der Waals surface area (Å²) in [6, 6.07) is 15.8. The molecule has 0 aliphatic heterocycles. The van der Waals surface area contributed by atoms with Crippen LogP contribution in [0, 0.1) is 0 Å². The maximum absolute atomic E-state index is 11.5. The van der Waals surface area contributed by atoms with Gasteiger partial charge in [-0.3, -0.25) is 4.79 Å². The van der Waals surface area contributed by atoms with Gasteiger partial charge in [0.1, 0.15) is 5.75 Å². The fourth-order valence-corrected chi connectivity index (χ4v) is 2.50. The molecular weight excluding hydrogens is 236 g/mol. The molecule has 3 aromatic rings. The lowest BCUT2D eigenvalue weighted by molar-refractivity contribution is 0.112. The van der Waals surface area contributed by atoms with Crippen LogP contribution in [-0.4, -0.2) is 12.9 Å². The Bertz CT molecular complexity index is 760. The molecule has 2 heteroatoms. The highest BCUT2D eigenvalue weighted by Crippen LogP contribution is 2.32. The number of carbonyl (C=O) groups excluding carboxylic acids is 1. The molecule has 0 aliphatic rings. The SMILES string of the molecule is CCOc1cccc2c(C=O)c3ccccc3cc12. The highest BCUT2D eigenvalue weighted by molar-refractivity contribution is 6.13. The summed E-state index contributed by atoms with van der Waals surface area (Å²) in [7, 11) is 0. The first-order chi connectivity index (χ1) is 9.35. The Morgan fingerprint density at radius 1 is 1.00 bits per heavy atom. The molecule has 0 amide bonds. The van der Waals surface area contributed by atoms with E-state index in [0.717, 1.165) is 39.1 Å². The second-order valence-corrected chi connectivity index (χ2v) is 4.41. The van der Waals surface area contributed by atoms with Crippen LogP contribution in [0.2, 0.25) is 0 Å². The first-order valence-electron chi connectivity index (χ1n) is 6.37. The number of benzene rings is 3. The standard InChI is InChI=1S/C17H14O2/c1-2-19-17-9-5-8-14-15(17)10-12-6-3-4-7-13(12)16(14)11-18/h3-11H,2H2,1H3. The lowest BCUT2D eigenvalue weighted by Crippen LogP contribution is -1.94. The summed E-state index contributed by atoms with van der Waals surface area (Å²) in [4.78, 5) is 11.5. The summed E-state index contributed by atoms with van der Waals surface area (Å²) in [6.07, 6.45) is 0.931. The number of fused-ring (bicyclic) bond motifs is 2. The summed E-state index contributed by atoms with van der Waals surface area (Å²) >= 11 is 0. The topological polar surface area (TPSA) is 26.3 Å². The molecule has 0 radical (unpaired) electrons. The van der Waals surface area contributed by atoms with Crippen LogP contribution in [0.15, 0.2) is 48.5 Å². The molecule has 0 N–H and O–H groups in total. The second-order valence-electron chi connectivity index (χ2n) is 4.41. The summed E-state index contributed by atoms with van der Waals surface area (Å²) in [6.45, 7) is 2.57. The Hall–Kier alpha value is -2.35. The highest BCUT2D eigenvalue weighted by Gasteiger charge is 2.09. The zero-order valence-corrected chi connectivity index (χ0v) is 10.7. The molecular formula is C17H14O2. The Balaban J connectivity index is 2.47. The van der Waals surface area contributed by atoms with Gasteiger partial charge in [0.15, 0.2) is 6.29 Å². The van der Waals surface area contributed by atoms with Gasteiger partial charge < -0.3 is 4.74 Å². The zero-order valence-electron chi connectivity index (χ0n) is 10.7. The van der Waals surface area contributed by atoms with Gasteiger partial charge in [-0.1, -0.05) is 36.4 Å². The van der Waals surface area contributed by atoms with Crippen LogP contribution in [0.4, 0.5) is 0 Å². The van der Waals surface area contributed by atoms with Gasteiger partial charge in [-0.25, -0.2) is 0 Å². The third-order valence-electron chi connectivity index (χ3n) is 3.32. The molecule has 0 aliphatic carbocycles. The number of hydrogen-bond donors (Lipinski definition) is 0. The predicted octanol–water partition coefficient (Wildman–Crippen LogP) is 4.20. The smallest absolute Gasteiger partial charge is 0.151 e. The molecule has 0 fully saturated rings. The molecule has 0 heterocycles. The van der Waals surface area contributed by atoms with E-state index in [4.69, 9.17) is 4.74 Å². The van der Waals surface area contributed by atoms with Gasteiger partial charge >= 0.3 is 0 Å². The minimum Gasteiger partial charge on any atom is -0.493 e. The quantitative estimate of drug-likeness (QED) is 0.514. The Morgan fingerprint density at radius 2 is 1.79 bits per heavy atom. The van der Waals surface area contributed by atoms with Crippen molar-refractivity contribution in [3.05, 3.63) is 54.1 Å². The third kappa shape index (κ3) is 1.85. The molecule has 0 spiro atoms. The average Bonchev–Trinajstić information content (AvgIpc) is 2.45.